The maximum Gasteiger partial charge on any atom is 0.313 e. The zero-order chi connectivity index (χ0) is 18.6. The van der Waals surface area contributed by atoms with Gasteiger partial charge in [0, 0.05) is 24.8 Å². The lowest BCUT2D eigenvalue weighted by Crippen LogP contribution is -2.28. The summed E-state index contributed by atoms with van der Waals surface area (Å²) in [5.74, 6) is -0.907. The fourth-order valence-electron chi connectivity index (χ4n) is 2.60. The Labute approximate surface area is 151 Å². The highest BCUT2D eigenvalue weighted by Gasteiger charge is 2.18. The van der Waals surface area contributed by atoms with Crippen LogP contribution in [0.2, 0.25) is 0 Å². The van der Waals surface area contributed by atoms with Crippen molar-refractivity contribution in [3.63, 3.8) is 0 Å². The molecular weight excluding hydrogens is 338 g/mol. The van der Waals surface area contributed by atoms with Gasteiger partial charge in [-0.05, 0) is 32.4 Å². The Morgan fingerprint density at radius 2 is 1.88 bits per heavy atom. The van der Waals surface area contributed by atoms with Gasteiger partial charge in [-0.3, -0.25) is 9.59 Å². The summed E-state index contributed by atoms with van der Waals surface area (Å²) in [5.41, 5.74) is 5.07. The fourth-order valence-corrected chi connectivity index (χ4v) is 3.27. The third-order valence-electron chi connectivity index (χ3n) is 4.06. The van der Waals surface area contributed by atoms with Crippen molar-refractivity contribution in [1.29, 1.82) is 0 Å². The zero-order valence-corrected chi connectivity index (χ0v) is 15.8. The van der Waals surface area contributed by atoms with Crippen molar-refractivity contribution in [2.24, 2.45) is 0 Å². The topological polar surface area (TPSA) is 75.4 Å². The maximum atomic E-state index is 12.2. The van der Waals surface area contributed by atoms with Crippen LogP contribution in [-0.2, 0) is 16.1 Å². The van der Waals surface area contributed by atoms with Gasteiger partial charge in [-0.2, -0.15) is 5.10 Å². The van der Waals surface area contributed by atoms with Gasteiger partial charge in [0.2, 0.25) is 5.91 Å². The molecule has 0 fully saturated rings. The van der Waals surface area contributed by atoms with Gasteiger partial charge in [0.25, 0.3) is 0 Å². The van der Waals surface area contributed by atoms with Gasteiger partial charge in [-0.25, -0.2) is 4.68 Å². The largest absolute Gasteiger partial charge is 0.481 e. The molecule has 0 saturated carbocycles. The second-order valence-corrected chi connectivity index (χ2v) is 6.97. The molecule has 0 atom stereocenters. The molecular formula is C18H23N3O3S. The minimum atomic E-state index is -0.911. The predicted octanol–water partition coefficient (Wildman–Crippen LogP) is 2.57. The summed E-state index contributed by atoms with van der Waals surface area (Å²) >= 11 is 1.11. The van der Waals surface area contributed by atoms with Crippen molar-refractivity contribution >= 4 is 23.6 Å². The first-order valence-electron chi connectivity index (χ1n) is 7.96. The molecule has 134 valence electrons. The van der Waals surface area contributed by atoms with Crippen LogP contribution in [0, 0.1) is 20.8 Å². The average molecular weight is 361 g/mol. The third kappa shape index (κ3) is 4.63. The number of para-hydroxylation sites is 1. The van der Waals surface area contributed by atoms with Crippen molar-refractivity contribution in [2.45, 2.75) is 27.3 Å². The molecule has 0 saturated heterocycles. The van der Waals surface area contributed by atoms with E-state index in [0.29, 0.717) is 6.54 Å². The summed E-state index contributed by atoms with van der Waals surface area (Å²) in [4.78, 5) is 24.3. The summed E-state index contributed by atoms with van der Waals surface area (Å²) in [6, 6.07) is 8.04. The van der Waals surface area contributed by atoms with Crippen LogP contribution in [-0.4, -0.2) is 50.2 Å². The second-order valence-electron chi connectivity index (χ2n) is 5.98. The van der Waals surface area contributed by atoms with Crippen molar-refractivity contribution in [2.75, 3.05) is 18.6 Å². The molecule has 0 aliphatic rings. The van der Waals surface area contributed by atoms with Gasteiger partial charge >= 0.3 is 5.97 Å². The molecule has 0 aliphatic heterocycles. The highest BCUT2D eigenvalue weighted by Crippen LogP contribution is 2.21. The smallest absolute Gasteiger partial charge is 0.313 e. The number of carboxylic acids is 1. The van der Waals surface area contributed by atoms with Gasteiger partial charge in [-0.1, -0.05) is 18.2 Å². The number of nitrogens with zero attached hydrogens (tertiary/aromatic N) is 3. The van der Waals surface area contributed by atoms with Crippen molar-refractivity contribution in [3.8, 4) is 5.69 Å². The Hall–Kier alpha value is -2.28. The van der Waals surface area contributed by atoms with E-state index in [4.69, 9.17) is 5.11 Å². The second kappa shape index (κ2) is 8.20. The molecule has 1 N–H and O–H groups in total. The van der Waals surface area contributed by atoms with E-state index in [1.165, 1.54) is 0 Å². The normalized spacial score (nSPS) is 10.7. The maximum absolute atomic E-state index is 12.2. The lowest BCUT2D eigenvalue weighted by Gasteiger charge is -2.17. The van der Waals surface area contributed by atoms with Gasteiger partial charge in [0.15, 0.2) is 0 Å². The first-order chi connectivity index (χ1) is 11.8. The van der Waals surface area contributed by atoms with Crippen molar-refractivity contribution in [3.05, 3.63) is 46.8 Å². The summed E-state index contributed by atoms with van der Waals surface area (Å²) < 4.78 is 1.91. The Morgan fingerprint density at radius 3 is 2.52 bits per heavy atom. The van der Waals surface area contributed by atoms with Crippen molar-refractivity contribution < 1.29 is 14.7 Å². The number of thioether (sulfide) groups is 1. The molecule has 0 spiro atoms. The van der Waals surface area contributed by atoms with E-state index in [2.05, 4.69) is 5.10 Å². The fraction of sp³-hybridized carbons (Fsp3) is 0.389. The average Bonchev–Trinajstić information content (AvgIpc) is 2.82. The van der Waals surface area contributed by atoms with Gasteiger partial charge in [0.1, 0.15) is 0 Å². The lowest BCUT2D eigenvalue weighted by atomic mass is 10.1. The van der Waals surface area contributed by atoms with E-state index in [0.717, 1.165) is 40.0 Å². The predicted molar refractivity (Wildman–Crippen MR) is 99.2 cm³/mol. The molecule has 0 aliphatic carbocycles. The van der Waals surface area contributed by atoms with Crippen LogP contribution in [0.5, 0.6) is 0 Å². The molecule has 0 unspecified atom stereocenters. The number of rotatable bonds is 7. The highest BCUT2D eigenvalue weighted by atomic mass is 32.2. The van der Waals surface area contributed by atoms with Gasteiger partial charge in [0.05, 0.1) is 22.9 Å². The molecule has 2 aromatic rings. The summed E-state index contributed by atoms with van der Waals surface area (Å²) in [5, 5.41) is 13.3. The highest BCUT2D eigenvalue weighted by molar-refractivity contribution is 8.00. The first kappa shape index (κ1) is 19.1. The monoisotopic (exact) mass is 361 g/mol. The van der Waals surface area contributed by atoms with Crippen LogP contribution in [0.25, 0.3) is 5.69 Å². The SMILES string of the molecule is Cc1ccccc1-n1nc(C)c(CN(C)C(=O)CSCC(=O)O)c1C. The summed E-state index contributed by atoms with van der Waals surface area (Å²) in [6.07, 6.45) is 0. The lowest BCUT2D eigenvalue weighted by molar-refractivity contribution is -0.133. The Bertz CT molecular complexity index is 786. The van der Waals surface area contributed by atoms with Crippen molar-refractivity contribution in [1.82, 2.24) is 14.7 Å². The van der Waals surface area contributed by atoms with E-state index in [-0.39, 0.29) is 17.4 Å². The van der Waals surface area contributed by atoms with E-state index in [1.54, 1.807) is 11.9 Å². The van der Waals surface area contributed by atoms with E-state index in [1.807, 2.05) is 49.7 Å². The summed E-state index contributed by atoms with van der Waals surface area (Å²) in [7, 11) is 1.73. The van der Waals surface area contributed by atoms with E-state index < -0.39 is 5.97 Å². The standard InChI is InChI=1S/C18H23N3O3S/c1-12-7-5-6-8-16(12)21-14(3)15(13(2)19-21)9-20(4)17(22)10-25-11-18(23)24/h5-8H,9-11H2,1-4H3,(H,23,24). The molecule has 25 heavy (non-hydrogen) atoms. The number of hydrogen-bond donors (Lipinski definition) is 1. The Kier molecular flexibility index (Phi) is 6.25. The van der Waals surface area contributed by atoms with Crippen LogP contribution < -0.4 is 0 Å². The van der Waals surface area contributed by atoms with Crippen LogP contribution in [0.3, 0.4) is 0 Å². The minimum Gasteiger partial charge on any atom is -0.481 e. The number of aliphatic carboxylic acids is 1. The molecule has 1 amide bonds. The molecule has 2 rings (SSSR count). The number of amides is 1. The number of carbonyl (C=O) groups is 2. The number of benzene rings is 1. The minimum absolute atomic E-state index is 0.0666. The van der Waals surface area contributed by atoms with Crippen LogP contribution in [0.4, 0.5) is 0 Å². The van der Waals surface area contributed by atoms with Crippen LogP contribution in [0.1, 0.15) is 22.5 Å². The number of aromatic nitrogens is 2. The molecule has 7 heteroatoms. The molecule has 6 nitrogen and oxygen atoms in total. The van der Waals surface area contributed by atoms with Gasteiger partial charge < -0.3 is 10.0 Å². The Morgan fingerprint density at radius 1 is 1.20 bits per heavy atom. The molecule has 0 radical (unpaired) electrons. The zero-order valence-electron chi connectivity index (χ0n) is 14.9. The molecule has 0 bridgehead atoms. The number of carboxylic acid groups (broad SMARTS) is 1. The molecule has 1 heterocycles. The summed E-state index contributed by atoms with van der Waals surface area (Å²) in [6.45, 7) is 6.44. The molecule has 1 aromatic carbocycles. The van der Waals surface area contributed by atoms with Crippen LogP contribution >= 0.6 is 11.8 Å². The molecule has 1 aromatic heterocycles. The quantitative estimate of drug-likeness (QED) is 0.820. The first-order valence-corrected chi connectivity index (χ1v) is 9.11. The van der Waals surface area contributed by atoms with E-state index >= 15 is 0 Å². The van der Waals surface area contributed by atoms with E-state index in [9.17, 15) is 9.59 Å². The Balaban J connectivity index is 2.14. The number of carbonyl (C=O) groups excluding carboxylic acids is 1. The third-order valence-corrected chi connectivity index (χ3v) is 4.96. The number of aryl methyl sites for hydroxylation is 2. The van der Waals surface area contributed by atoms with Gasteiger partial charge in [-0.15, -0.1) is 11.8 Å². The van der Waals surface area contributed by atoms with Crippen LogP contribution in [0.15, 0.2) is 24.3 Å². The number of hydrogen-bond acceptors (Lipinski definition) is 4.